The van der Waals surface area contributed by atoms with Crippen molar-refractivity contribution in [3.05, 3.63) is 33.8 Å². The summed E-state index contributed by atoms with van der Waals surface area (Å²) in [5, 5.41) is 7.29. The molecule has 3 nitrogen and oxygen atoms in total. The Morgan fingerprint density at radius 3 is 2.84 bits per heavy atom. The van der Waals surface area contributed by atoms with Gasteiger partial charge in [-0.15, -0.1) is 12.4 Å². The van der Waals surface area contributed by atoms with Gasteiger partial charge < -0.3 is 10.6 Å². The molecule has 2 rings (SSSR count). The molecule has 1 aliphatic rings. The number of hydrogen-bond donors (Lipinski definition) is 2. The van der Waals surface area contributed by atoms with E-state index in [0.717, 1.165) is 19.4 Å². The molecule has 0 aliphatic carbocycles. The van der Waals surface area contributed by atoms with E-state index in [0.29, 0.717) is 15.6 Å². The molecule has 0 spiro atoms. The molecular formula is C13H17Cl3N2O. The highest BCUT2D eigenvalue weighted by atomic mass is 35.5. The number of piperidine rings is 1. The molecule has 0 bridgehead atoms. The van der Waals surface area contributed by atoms with E-state index in [1.807, 2.05) is 0 Å². The highest BCUT2D eigenvalue weighted by Gasteiger charge is 2.23. The Bertz CT molecular complexity index is 454. The van der Waals surface area contributed by atoms with E-state index in [2.05, 4.69) is 17.6 Å². The van der Waals surface area contributed by atoms with Gasteiger partial charge in [0, 0.05) is 17.1 Å². The Balaban J connectivity index is 0.00000180. The van der Waals surface area contributed by atoms with Crippen LogP contribution < -0.4 is 10.6 Å². The molecule has 0 aromatic heterocycles. The molecule has 1 aliphatic heterocycles. The Hall–Kier alpha value is -0.480. The monoisotopic (exact) mass is 322 g/mol. The largest absolute Gasteiger partial charge is 0.348 e. The van der Waals surface area contributed by atoms with Gasteiger partial charge in [-0.05, 0) is 44.5 Å². The minimum atomic E-state index is -0.164. The van der Waals surface area contributed by atoms with Crippen molar-refractivity contribution in [2.24, 2.45) is 0 Å². The molecule has 1 saturated heterocycles. The predicted octanol–water partition coefficient (Wildman–Crippen LogP) is 3.29. The van der Waals surface area contributed by atoms with E-state index >= 15 is 0 Å². The topological polar surface area (TPSA) is 41.1 Å². The van der Waals surface area contributed by atoms with E-state index in [9.17, 15) is 4.79 Å². The highest BCUT2D eigenvalue weighted by molar-refractivity contribution is 6.35. The molecule has 2 unspecified atom stereocenters. The van der Waals surface area contributed by atoms with Crippen molar-refractivity contribution in [3.63, 3.8) is 0 Å². The van der Waals surface area contributed by atoms with Crippen LogP contribution in [0.2, 0.25) is 10.0 Å². The third kappa shape index (κ3) is 4.25. The van der Waals surface area contributed by atoms with Crippen molar-refractivity contribution in [2.45, 2.75) is 31.8 Å². The first-order chi connectivity index (χ1) is 8.58. The van der Waals surface area contributed by atoms with Crippen molar-refractivity contribution < 1.29 is 4.79 Å². The number of carbonyl (C=O) groups excluding carboxylic acids is 1. The van der Waals surface area contributed by atoms with Crippen LogP contribution >= 0.6 is 35.6 Å². The standard InChI is InChI=1S/C13H16Cl2N2O.ClH/c1-8-12(3-2-6-16-8)17-13(18)10-7-9(14)4-5-11(10)15;/h4-5,7-8,12,16H,2-3,6H2,1H3,(H,17,18);1H. The molecule has 0 radical (unpaired) electrons. The fourth-order valence-corrected chi connectivity index (χ4v) is 2.53. The Morgan fingerprint density at radius 1 is 1.42 bits per heavy atom. The van der Waals surface area contributed by atoms with Gasteiger partial charge in [0.05, 0.1) is 10.6 Å². The summed E-state index contributed by atoms with van der Waals surface area (Å²) in [5.41, 5.74) is 0.432. The van der Waals surface area contributed by atoms with Crippen molar-refractivity contribution in [3.8, 4) is 0 Å². The summed E-state index contributed by atoms with van der Waals surface area (Å²) in [7, 11) is 0. The maximum atomic E-state index is 12.1. The second-order valence-corrected chi connectivity index (χ2v) is 5.43. The van der Waals surface area contributed by atoms with E-state index in [4.69, 9.17) is 23.2 Å². The van der Waals surface area contributed by atoms with Crippen LogP contribution in [0.3, 0.4) is 0 Å². The lowest BCUT2D eigenvalue weighted by atomic mass is 9.99. The van der Waals surface area contributed by atoms with Gasteiger partial charge in [-0.25, -0.2) is 0 Å². The lowest BCUT2D eigenvalue weighted by Gasteiger charge is -2.30. The third-order valence-electron chi connectivity index (χ3n) is 3.25. The molecule has 1 aromatic carbocycles. The summed E-state index contributed by atoms with van der Waals surface area (Å²) < 4.78 is 0. The Kier molecular flexibility index (Phi) is 6.40. The minimum absolute atomic E-state index is 0. The number of benzene rings is 1. The SMILES string of the molecule is CC1NCCCC1NC(=O)c1cc(Cl)ccc1Cl.Cl. The fraction of sp³-hybridized carbons (Fsp3) is 0.462. The first-order valence-electron chi connectivity index (χ1n) is 6.07. The van der Waals surface area contributed by atoms with Crippen molar-refractivity contribution in [1.82, 2.24) is 10.6 Å². The van der Waals surface area contributed by atoms with Crippen LogP contribution in [-0.2, 0) is 0 Å². The molecule has 6 heteroatoms. The molecule has 2 atom stereocenters. The summed E-state index contributed by atoms with van der Waals surface area (Å²) in [5.74, 6) is -0.164. The molecular weight excluding hydrogens is 307 g/mol. The molecule has 19 heavy (non-hydrogen) atoms. The molecule has 1 aromatic rings. The van der Waals surface area contributed by atoms with Crippen LogP contribution in [0.4, 0.5) is 0 Å². The lowest BCUT2D eigenvalue weighted by molar-refractivity contribution is 0.0920. The first kappa shape index (κ1) is 16.6. The van der Waals surface area contributed by atoms with Crippen LogP contribution in [-0.4, -0.2) is 24.5 Å². The second kappa shape index (κ2) is 7.34. The van der Waals surface area contributed by atoms with Crippen molar-refractivity contribution >= 4 is 41.5 Å². The van der Waals surface area contributed by atoms with Gasteiger partial charge in [0.1, 0.15) is 0 Å². The summed E-state index contributed by atoms with van der Waals surface area (Å²) in [6.07, 6.45) is 2.05. The van der Waals surface area contributed by atoms with Gasteiger partial charge in [0.25, 0.3) is 5.91 Å². The van der Waals surface area contributed by atoms with Gasteiger partial charge in [-0.1, -0.05) is 23.2 Å². The van der Waals surface area contributed by atoms with Gasteiger partial charge in [-0.3, -0.25) is 4.79 Å². The van der Waals surface area contributed by atoms with Crippen molar-refractivity contribution in [2.75, 3.05) is 6.54 Å². The maximum Gasteiger partial charge on any atom is 0.253 e. The molecule has 0 saturated carbocycles. The van der Waals surface area contributed by atoms with Crippen LogP contribution in [0, 0.1) is 0 Å². The number of halogens is 3. The van der Waals surface area contributed by atoms with Crippen LogP contribution in [0.1, 0.15) is 30.1 Å². The van der Waals surface area contributed by atoms with Crippen molar-refractivity contribution in [1.29, 1.82) is 0 Å². The number of amides is 1. The van der Waals surface area contributed by atoms with Gasteiger partial charge in [-0.2, -0.15) is 0 Å². The van der Waals surface area contributed by atoms with E-state index in [1.165, 1.54) is 0 Å². The fourth-order valence-electron chi connectivity index (χ4n) is 2.16. The average molecular weight is 324 g/mol. The van der Waals surface area contributed by atoms with E-state index < -0.39 is 0 Å². The van der Waals surface area contributed by atoms with E-state index in [-0.39, 0.29) is 30.4 Å². The summed E-state index contributed by atoms with van der Waals surface area (Å²) in [6.45, 7) is 3.08. The molecule has 1 amide bonds. The Morgan fingerprint density at radius 2 is 2.16 bits per heavy atom. The zero-order chi connectivity index (χ0) is 13.1. The number of rotatable bonds is 2. The molecule has 2 N–H and O–H groups in total. The highest BCUT2D eigenvalue weighted by Crippen LogP contribution is 2.21. The third-order valence-corrected chi connectivity index (χ3v) is 3.82. The minimum Gasteiger partial charge on any atom is -0.348 e. The zero-order valence-electron chi connectivity index (χ0n) is 10.6. The number of hydrogen-bond acceptors (Lipinski definition) is 2. The zero-order valence-corrected chi connectivity index (χ0v) is 12.9. The molecule has 106 valence electrons. The summed E-state index contributed by atoms with van der Waals surface area (Å²) in [6, 6.07) is 5.33. The summed E-state index contributed by atoms with van der Waals surface area (Å²) >= 11 is 11.9. The van der Waals surface area contributed by atoms with Crippen LogP contribution in [0.5, 0.6) is 0 Å². The van der Waals surface area contributed by atoms with Gasteiger partial charge >= 0.3 is 0 Å². The molecule has 1 fully saturated rings. The van der Waals surface area contributed by atoms with Crippen LogP contribution in [0.15, 0.2) is 18.2 Å². The first-order valence-corrected chi connectivity index (χ1v) is 6.83. The number of carbonyl (C=O) groups is 1. The molecule has 1 heterocycles. The second-order valence-electron chi connectivity index (χ2n) is 4.59. The van der Waals surface area contributed by atoms with Gasteiger partial charge in [0.15, 0.2) is 0 Å². The lowest BCUT2D eigenvalue weighted by Crippen LogP contribution is -2.51. The average Bonchev–Trinajstić information content (AvgIpc) is 2.35. The maximum absolute atomic E-state index is 12.1. The normalized spacial score (nSPS) is 22.5. The Labute approximate surface area is 129 Å². The predicted molar refractivity (Wildman–Crippen MR) is 81.7 cm³/mol. The van der Waals surface area contributed by atoms with Crippen LogP contribution in [0.25, 0.3) is 0 Å². The van der Waals surface area contributed by atoms with E-state index in [1.54, 1.807) is 18.2 Å². The smallest absolute Gasteiger partial charge is 0.253 e. The van der Waals surface area contributed by atoms with Gasteiger partial charge in [0.2, 0.25) is 0 Å². The number of nitrogens with one attached hydrogen (secondary N) is 2. The summed E-state index contributed by atoms with van der Waals surface area (Å²) in [4.78, 5) is 12.1. The quantitative estimate of drug-likeness (QED) is 0.877.